The summed E-state index contributed by atoms with van der Waals surface area (Å²) in [5.74, 6) is -0.154. The highest BCUT2D eigenvalue weighted by Gasteiger charge is 2.28. The number of aliphatic hydroxyl groups is 1. The zero-order valence-corrected chi connectivity index (χ0v) is 28.0. The molecule has 0 fully saturated rings. The van der Waals surface area contributed by atoms with Gasteiger partial charge in [-0.3, -0.25) is 19.5 Å². The number of fused-ring (bicyclic) bond motifs is 2. The topological polar surface area (TPSA) is 133 Å². The molecule has 0 unspecified atom stereocenters. The summed E-state index contributed by atoms with van der Waals surface area (Å²) in [5.41, 5.74) is 6.35. The van der Waals surface area contributed by atoms with Crippen LogP contribution in [0, 0.1) is 6.92 Å². The fraction of sp³-hybridized carbons (Fsp3) is 0.406. The lowest BCUT2D eigenvalue weighted by molar-refractivity contribution is 0.100. The largest absolute Gasteiger partial charge is 0.392 e. The molecule has 6 rings (SSSR count). The van der Waals surface area contributed by atoms with Crippen LogP contribution >= 0.6 is 23.2 Å². The van der Waals surface area contributed by atoms with Crippen molar-refractivity contribution in [1.82, 2.24) is 33.9 Å². The number of halogens is 2. The molecule has 242 valence electrons. The number of amides is 2. The van der Waals surface area contributed by atoms with Crippen LogP contribution in [0.3, 0.4) is 0 Å². The molecule has 0 aliphatic carbocycles. The number of benzene rings is 1. The molecule has 0 saturated heterocycles. The molecule has 0 spiro atoms. The van der Waals surface area contributed by atoms with Crippen LogP contribution in [-0.2, 0) is 40.0 Å². The molecule has 1 atom stereocenters. The first-order valence-electron chi connectivity index (χ1n) is 15.2. The van der Waals surface area contributed by atoms with E-state index in [-0.39, 0.29) is 22.7 Å². The summed E-state index contributed by atoms with van der Waals surface area (Å²) in [7, 11) is 5.72. The molecule has 2 aliphatic heterocycles. The van der Waals surface area contributed by atoms with Crippen LogP contribution in [0.2, 0.25) is 10.0 Å². The van der Waals surface area contributed by atoms with E-state index in [1.807, 2.05) is 37.2 Å². The Bertz CT molecular complexity index is 1850. The van der Waals surface area contributed by atoms with Crippen molar-refractivity contribution < 1.29 is 14.7 Å². The quantitative estimate of drug-likeness (QED) is 0.269. The number of nitrogens with one attached hydrogen (secondary N) is 2. The first kappa shape index (κ1) is 32.1. The lowest BCUT2D eigenvalue weighted by Gasteiger charge is -2.27. The average Bonchev–Trinajstić information content (AvgIpc) is 3.51. The first-order chi connectivity index (χ1) is 21.9. The van der Waals surface area contributed by atoms with E-state index in [2.05, 4.69) is 35.4 Å². The van der Waals surface area contributed by atoms with E-state index in [9.17, 15) is 14.7 Å². The Labute approximate surface area is 277 Å². The van der Waals surface area contributed by atoms with E-state index in [0.717, 1.165) is 48.7 Å². The zero-order valence-electron chi connectivity index (χ0n) is 26.5. The normalized spacial score (nSPS) is 15.7. The second kappa shape index (κ2) is 12.8. The minimum atomic E-state index is -0.443. The highest BCUT2D eigenvalue weighted by molar-refractivity contribution is 6.36. The van der Waals surface area contributed by atoms with Crippen molar-refractivity contribution in [2.75, 3.05) is 37.3 Å². The Morgan fingerprint density at radius 3 is 2.20 bits per heavy atom. The van der Waals surface area contributed by atoms with Gasteiger partial charge in [-0.25, -0.2) is 9.97 Å². The molecule has 0 bridgehead atoms. The van der Waals surface area contributed by atoms with E-state index in [1.165, 1.54) is 0 Å². The van der Waals surface area contributed by atoms with E-state index in [4.69, 9.17) is 23.2 Å². The van der Waals surface area contributed by atoms with Gasteiger partial charge in [-0.05, 0) is 44.7 Å². The summed E-state index contributed by atoms with van der Waals surface area (Å²) >= 11 is 13.4. The number of anilines is 2. The molecule has 12 nitrogen and oxygen atoms in total. The monoisotopic (exact) mass is 665 g/mol. The fourth-order valence-electron chi connectivity index (χ4n) is 6.32. The van der Waals surface area contributed by atoms with Gasteiger partial charge < -0.3 is 29.8 Å². The van der Waals surface area contributed by atoms with Gasteiger partial charge in [0, 0.05) is 93.5 Å². The number of likely N-dealkylation sites (N-methyl/N-ethyl adjacent to an activating group) is 1. The standard InChI is InChI=1S/C32H37Cl2N9O3/c1-17(44)14-43-11-8-26-24(16-43)37-30(42(26)5)32(46)39-22-13-19(33)12-20(18(22)2)28-27(34)21(6-9-35-28)38-31(45)29-36-23-15-40(3)10-7-25(23)41(29)4/h6,9,12-13,17,44H,7-8,10-11,14-16H2,1-5H3,(H,39,46)(H,35,38,45)/t17-/m0/s1. The zero-order chi connectivity index (χ0) is 32.9. The summed E-state index contributed by atoms with van der Waals surface area (Å²) in [6, 6.07) is 5.03. The molecule has 0 saturated carbocycles. The van der Waals surface area contributed by atoms with Crippen molar-refractivity contribution in [2.45, 2.75) is 45.9 Å². The number of β-amino-alcohol motifs (C(OH)–C–C–N with tert-alkyl or cyclic N) is 1. The summed E-state index contributed by atoms with van der Waals surface area (Å²) in [6.07, 6.45) is 2.67. The molecule has 14 heteroatoms. The van der Waals surface area contributed by atoms with Crippen molar-refractivity contribution in [3.63, 3.8) is 0 Å². The van der Waals surface area contributed by atoms with Crippen LogP contribution in [0.15, 0.2) is 24.4 Å². The molecule has 2 amide bonds. The Balaban J connectivity index is 1.25. The molecule has 0 radical (unpaired) electrons. The molecule has 46 heavy (non-hydrogen) atoms. The Morgan fingerprint density at radius 1 is 0.935 bits per heavy atom. The third-order valence-electron chi connectivity index (χ3n) is 8.72. The number of aliphatic hydroxyl groups excluding tert-OH is 1. The van der Waals surface area contributed by atoms with Gasteiger partial charge in [-0.15, -0.1) is 0 Å². The molecule has 3 aromatic heterocycles. The van der Waals surface area contributed by atoms with Crippen LogP contribution in [-0.4, -0.2) is 83.6 Å². The first-order valence-corrected chi connectivity index (χ1v) is 15.9. The van der Waals surface area contributed by atoms with Crippen molar-refractivity contribution in [3.05, 3.63) is 74.4 Å². The maximum absolute atomic E-state index is 13.5. The average molecular weight is 667 g/mol. The fourth-order valence-corrected chi connectivity index (χ4v) is 6.80. The second-order valence-electron chi connectivity index (χ2n) is 12.2. The van der Waals surface area contributed by atoms with Crippen LogP contribution in [0.5, 0.6) is 0 Å². The van der Waals surface area contributed by atoms with Gasteiger partial charge in [0.15, 0.2) is 11.6 Å². The third-order valence-corrected chi connectivity index (χ3v) is 9.32. The summed E-state index contributed by atoms with van der Waals surface area (Å²) < 4.78 is 3.67. The number of aromatic nitrogens is 5. The highest BCUT2D eigenvalue weighted by Crippen LogP contribution is 2.38. The van der Waals surface area contributed by atoms with Crippen LogP contribution in [0.1, 0.15) is 56.5 Å². The lowest BCUT2D eigenvalue weighted by atomic mass is 10.0. The Hall–Kier alpha value is -3.81. The number of imidazole rings is 2. The smallest absolute Gasteiger partial charge is 0.291 e. The Morgan fingerprint density at radius 2 is 1.54 bits per heavy atom. The molecular formula is C32H37Cl2N9O3. The van der Waals surface area contributed by atoms with Crippen molar-refractivity contribution in [2.24, 2.45) is 14.1 Å². The Kier molecular flexibility index (Phi) is 8.92. The van der Waals surface area contributed by atoms with Gasteiger partial charge in [0.1, 0.15) is 0 Å². The van der Waals surface area contributed by atoms with Crippen LogP contribution < -0.4 is 10.6 Å². The number of hydrogen-bond acceptors (Lipinski definition) is 8. The molecule has 3 N–H and O–H groups in total. The number of nitrogens with zero attached hydrogens (tertiary/aromatic N) is 7. The minimum absolute atomic E-state index is 0.232. The van der Waals surface area contributed by atoms with Crippen LogP contribution in [0.25, 0.3) is 11.3 Å². The number of hydrogen-bond donors (Lipinski definition) is 3. The van der Waals surface area contributed by atoms with Gasteiger partial charge in [0.25, 0.3) is 11.8 Å². The van der Waals surface area contributed by atoms with E-state index >= 15 is 0 Å². The maximum Gasteiger partial charge on any atom is 0.291 e. The number of carbonyl (C=O) groups is 2. The van der Waals surface area contributed by atoms with Gasteiger partial charge in [-0.1, -0.05) is 23.2 Å². The predicted molar refractivity (Wildman–Crippen MR) is 177 cm³/mol. The number of pyridine rings is 1. The number of rotatable bonds is 7. The van der Waals surface area contributed by atoms with Gasteiger partial charge >= 0.3 is 0 Å². The summed E-state index contributed by atoms with van der Waals surface area (Å²) in [4.78, 5) is 45.0. The molecule has 5 heterocycles. The molecular weight excluding hydrogens is 629 g/mol. The lowest BCUT2D eigenvalue weighted by Crippen LogP contribution is -2.36. The number of carbonyl (C=O) groups excluding carboxylic acids is 2. The van der Waals surface area contributed by atoms with Gasteiger partial charge in [-0.2, -0.15) is 0 Å². The van der Waals surface area contributed by atoms with E-state index in [1.54, 1.807) is 31.3 Å². The minimum Gasteiger partial charge on any atom is -0.392 e. The summed E-state index contributed by atoms with van der Waals surface area (Å²) in [6.45, 7) is 7.10. The maximum atomic E-state index is 13.5. The third kappa shape index (κ3) is 6.15. The molecule has 1 aromatic carbocycles. The molecule has 4 aromatic rings. The van der Waals surface area contributed by atoms with Crippen molar-refractivity contribution in [3.8, 4) is 11.3 Å². The second-order valence-corrected chi connectivity index (χ2v) is 13.0. The predicted octanol–water partition coefficient (Wildman–Crippen LogP) is 4.06. The van der Waals surface area contributed by atoms with Gasteiger partial charge in [0.2, 0.25) is 0 Å². The molecule has 2 aliphatic rings. The van der Waals surface area contributed by atoms with E-state index < -0.39 is 6.10 Å². The van der Waals surface area contributed by atoms with Crippen LogP contribution in [0.4, 0.5) is 11.4 Å². The summed E-state index contributed by atoms with van der Waals surface area (Å²) in [5, 5.41) is 16.3. The van der Waals surface area contributed by atoms with Gasteiger partial charge in [0.05, 0.1) is 33.9 Å². The van der Waals surface area contributed by atoms with Crippen molar-refractivity contribution in [1.29, 1.82) is 0 Å². The van der Waals surface area contributed by atoms with Crippen molar-refractivity contribution >= 4 is 46.4 Å². The highest BCUT2D eigenvalue weighted by atomic mass is 35.5. The van der Waals surface area contributed by atoms with E-state index in [0.29, 0.717) is 58.7 Å². The SMILES string of the molecule is Cc1c(NC(=O)c2nc3c(n2C)CCN(C[C@H](C)O)C3)cc(Cl)cc1-c1nccc(NC(=O)c2nc3c(n2C)CCN(C)C3)c1Cl.